The number of carbonyl (C=O) groups excluding carboxylic acids is 1. The number of hydrogen-bond acceptors (Lipinski definition) is 7. The van der Waals surface area contributed by atoms with Gasteiger partial charge in [0.2, 0.25) is 0 Å². The fourth-order valence-electron chi connectivity index (χ4n) is 4.21. The van der Waals surface area contributed by atoms with E-state index in [0.717, 1.165) is 20.8 Å². The van der Waals surface area contributed by atoms with Gasteiger partial charge in [-0.3, -0.25) is 9.36 Å². The van der Waals surface area contributed by atoms with Crippen LogP contribution < -0.4 is 5.69 Å². The zero-order valence-corrected chi connectivity index (χ0v) is 22.4. The number of carbonyl (C=O) groups is 1. The summed E-state index contributed by atoms with van der Waals surface area (Å²) in [6.45, 7) is -0.0241. The van der Waals surface area contributed by atoms with Crippen LogP contribution in [0.5, 0.6) is 0 Å². The van der Waals surface area contributed by atoms with Crippen molar-refractivity contribution in [1.82, 2.24) is 34.0 Å². The molecule has 2 aromatic heterocycles. The number of alkyl halides is 3. The van der Waals surface area contributed by atoms with Gasteiger partial charge in [0.15, 0.2) is 17.8 Å². The highest BCUT2D eigenvalue weighted by Gasteiger charge is 2.39. The second kappa shape index (κ2) is 11.5. The van der Waals surface area contributed by atoms with Gasteiger partial charge in [-0.2, -0.15) is 24.9 Å². The summed E-state index contributed by atoms with van der Waals surface area (Å²) in [6, 6.07) is 13.0. The molecule has 0 unspecified atom stereocenters. The molecule has 1 fully saturated rings. The van der Waals surface area contributed by atoms with E-state index in [0.29, 0.717) is 34.9 Å². The Bertz CT molecular complexity index is 1560. The maximum absolute atomic E-state index is 13.2. The minimum absolute atomic E-state index is 0.0833. The van der Waals surface area contributed by atoms with Crippen molar-refractivity contribution in [2.45, 2.75) is 25.4 Å². The lowest BCUT2D eigenvalue weighted by Gasteiger charge is -2.27. The van der Waals surface area contributed by atoms with Gasteiger partial charge in [0.1, 0.15) is 12.9 Å². The molecule has 210 valence electrons. The molecule has 0 spiro atoms. The molecule has 0 saturated carbocycles. The van der Waals surface area contributed by atoms with E-state index in [4.69, 9.17) is 11.6 Å². The monoisotopic (exact) mass is 593 g/mol. The molecule has 1 aliphatic rings. The molecule has 5 rings (SSSR count). The molecule has 4 aromatic rings. The van der Waals surface area contributed by atoms with Gasteiger partial charge < -0.3 is 10.0 Å². The van der Waals surface area contributed by atoms with Crippen molar-refractivity contribution in [2.75, 3.05) is 24.6 Å². The predicted octanol–water partition coefficient (Wildman–Crippen LogP) is 3.11. The van der Waals surface area contributed by atoms with E-state index in [1.807, 2.05) is 0 Å². The summed E-state index contributed by atoms with van der Waals surface area (Å²) in [5.74, 6) is 1.66. The highest BCUT2D eigenvalue weighted by molar-refractivity contribution is 7.99. The number of aliphatic hydroxyl groups is 1. The van der Waals surface area contributed by atoms with E-state index in [2.05, 4.69) is 15.2 Å². The summed E-state index contributed by atoms with van der Waals surface area (Å²) in [6.07, 6.45) is -6.32. The van der Waals surface area contributed by atoms with Gasteiger partial charge in [0.05, 0.1) is 17.8 Å². The Hall–Kier alpha value is -3.62. The molecular weight excluding hydrogens is 571 g/mol. The Morgan fingerprint density at radius 1 is 1.07 bits per heavy atom. The molecular formula is C25H23ClF3N7O3S. The van der Waals surface area contributed by atoms with Crippen LogP contribution in [0.3, 0.4) is 0 Å². The van der Waals surface area contributed by atoms with E-state index in [1.165, 1.54) is 35.3 Å². The van der Waals surface area contributed by atoms with Crippen LogP contribution in [0.4, 0.5) is 13.2 Å². The van der Waals surface area contributed by atoms with E-state index < -0.39 is 24.5 Å². The number of benzene rings is 2. The summed E-state index contributed by atoms with van der Waals surface area (Å²) < 4.78 is 42.4. The van der Waals surface area contributed by atoms with Crippen LogP contribution in [0.15, 0.2) is 59.7 Å². The first-order chi connectivity index (χ1) is 19.1. The number of amides is 1. The zero-order chi connectivity index (χ0) is 28.4. The fraction of sp³-hybridized carbons (Fsp3) is 0.320. The fourth-order valence-corrected chi connectivity index (χ4v) is 5.24. The van der Waals surface area contributed by atoms with E-state index in [-0.39, 0.29) is 24.1 Å². The summed E-state index contributed by atoms with van der Waals surface area (Å²) >= 11 is 7.72. The van der Waals surface area contributed by atoms with Gasteiger partial charge in [0.25, 0.3) is 5.91 Å². The van der Waals surface area contributed by atoms with Crippen molar-refractivity contribution in [1.29, 1.82) is 0 Å². The Kier molecular flexibility index (Phi) is 8.01. The highest BCUT2D eigenvalue weighted by Crippen LogP contribution is 2.24. The third-order valence-electron chi connectivity index (χ3n) is 6.27. The van der Waals surface area contributed by atoms with Crippen LogP contribution in [0.25, 0.3) is 17.1 Å². The van der Waals surface area contributed by atoms with Crippen molar-refractivity contribution in [3.8, 4) is 17.1 Å². The minimum atomic E-state index is -4.93. The summed E-state index contributed by atoms with van der Waals surface area (Å²) in [7, 11) is 0. The number of hydrogen-bond donors (Lipinski definition) is 1. The van der Waals surface area contributed by atoms with Crippen molar-refractivity contribution in [3.05, 3.63) is 81.8 Å². The average molecular weight is 594 g/mol. The second-order valence-corrected chi connectivity index (χ2v) is 10.6. The normalized spacial score (nSPS) is 14.9. The van der Waals surface area contributed by atoms with Crippen LogP contribution in [-0.2, 0) is 13.1 Å². The zero-order valence-electron chi connectivity index (χ0n) is 20.8. The minimum Gasteiger partial charge on any atom is -0.382 e. The first-order valence-corrected chi connectivity index (χ1v) is 13.7. The molecule has 1 aliphatic heterocycles. The van der Waals surface area contributed by atoms with Gasteiger partial charge in [-0.15, -0.1) is 10.2 Å². The van der Waals surface area contributed by atoms with Gasteiger partial charge in [-0.1, -0.05) is 23.7 Å². The second-order valence-electron chi connectivity index (χ2n) is 8.97. The molecule has 0 radical (unpaired) electrons. The molecule has 1 N–H and O–H groups in total. The molecule has 10 nitrogen and oxygen atoms in total. The molecule has 1 atom stereocenters. The standard InChI is InChI=1S/C25H23ClF3N7O3S/c26-17-7-5-16(6-8-17)22-32-35(24(39)34(22)13-20(37)25(27,28)29)14-21-30-15-36(31-21)19-4-2-1-3-18(19)23(38)33-9-11-40-12-10-33/h1-8,15,20,37H,9-14H2/t20-/m0/s1. The molecule has 15 heteroatoms. The number of thioether (sulfide) groups is 1. The smallest absolute Gasteiger partial charge is 0.382 e. The highest BCUT2D eigenvalue weighted by atomic mass is 35.5. The Balaban J connectivity index is 1.45. The topological polar surface area (TPSA) is 111 Å². The lowest BCUT2D eigenvalue weighted by molar-refractivity contribution is -0.207. The quantitative estimate of drug-likeness (QED) is 0.351. The number of rotatable bonds is 7. The predicted molar refractivity (Wildman–Crippen MR) is 143 cm³/mol. The average Bonchev–Trinajstić information content (AvgIpc) is 3.53. The third-order valence-corrected chi connectivity index (χ3v) is 7.46. The van der Waals surface area contributed by atoms with Crippen molar-refractivity contribution in [3.63, 3.8) is 0 Å². The number of halogens is 4. The number of nitrogens with zero attached hydrogens (tertiary/aromatic N) is 7. The maximum atomic E-state index is 13.2. The Morgan fingerprint density at radius 3 is 2.48 bits per heavy atom. The summed E-state index contributed by atoms with van der Waals surface area (Å²) in [5.41, 5.74) is 0.385. The van der Waals surface area contributed by atoms with Gasteiger partial charge in [-0.25, -0.2) is 19.1 Å². The van der Waals surface area contributed by atoms with Crippen LogP contribution in [-0.4, -0.2) is 81.9 Å². The van der Waals surface area contributed by atoms with Gasteiger partial charge in [-0.05, 0) is 36.4 Å². The molecule has 0 bridgehead atoms. The van der Waals surface area contributed by atoms with Crippen LogP contribution in [0.1, 0.15) is 16.2 Å². The van der Waals surface area contributed by atoms with Crippen LogP contribution in [0.2, 0.25) is 5.02 Å². The number of aliphatic hydroxyl groups excluding tert-OH is 1. The van der Waals surface area contributed by atoms with Crippen molar-refractivity contribution >= 4 is 29.3 Å². The largest absolute Gasteiger partial charge is 0.416 e. The Labute approximate surface area is 235 Å². The number of aromatic nitrogens is 6. The van der Waals surface area contributed by atoms with E-state index >= 15 is 0 Å². The van der Waals surface area contributed by atoms with Gasteiger partial charge >= 0.3 is 11.9 Å². The van der Waals surface area contributed by atoms with Crippen molar-refractivity contribution < 1.29 is 23.1 Å². The Morgan fingerprint density at radius 2 is 1.77 bits per heavy atom. The molecule has 40 heavy (non-hydrogen) atoms. The maximum Gasteiger partial charge on any atom is 0.416 e. The molecule has 3 heterocycles. The third kappa shape index (κ3) is 5.93. The van der Waals surface area contributed by atoms with Crippen LogP contribution >= 0.6 is 23.4 Å². The van der Waals surface area contributed by atoms with Crippen LogP contribution in [0, 0.1) is 0 Å². The first kappa shape index (κ1) is 27.9. The van der Waals surface area contributed by atoms with Gasteiger partial charge in [0, 0.05) is 35.2 Å². The van der Waals surface area contributed by atoms with E-state index in [1.54, 1.807) is 40.9 Å². The summed E-state index contributed by atoms with van der Waals surface area (Å²) in [5, 5.41) is 18.7. The number of para-hydroxylation sites is 1. The van der Waals surface area contributed by atoms with E-state index in [9.17, 15) is 27.9 Å². The SMILES string of the molecule is O=C(c1ccccc1-n1cnc(Cn2nc(-c3ccc(Cl)cc3)n(C[C@H](O)C(F)(F)F)c2=O)n1)N1CCSCC1. The first-order valence-electron chi connectivity index (χ1n) is 12.2. The molecule has 0 aliphatic carbocycles. The molecule has 1 saturated heterocycles. The summed E-state index contributed by atoms with van der Waals surface area (Å²) in [4.78, 5) is 32.3. The lowest BCUT2D eigenvalue weighted by atomic mass is 10.1. The van der Waals surface area contributed by atoms with Crippen molar-refractivity contribution in [2.24, 2.45) is 0 Å². The molecule has 2 aromatic carbocycles. The lowest BCUT2D eigenvalue weighted by Crippen LogP contribution is -2.38. The molecule has 1 amide bonds.